The Bertz CT molecular complexity index is 571. The largest absolute Gasteiger partial charge is 0.497 e. The van der Waals surface area contributed by atoms with Crippen LogP contribution in [0.2, 0.25) is 0 Å². The second kappa shape index (κ2) is 6.80. The Kier molecular flexibility index (Phi) is 5.07. The molecular weight excluding hydrogens is 272 g/mol. The quantitative estimate of drug-likeness (QED) is 0.806. The zero-order valence-corrected chi connectivity index (χ0v) is 12.9. The molecule has 4 heteroatoms. The lowest BCUT2D eigenvalue weighted by molar-refractivity contribution is 0.415. The fraction of sp³-hybridized carbons (Fsp3) is 0.438. The molecule has 2 aromatic rings. The standard InChI is InChI=1S/C16H21ClN2O/c1-11(2)8-13(10-17)19-16-15-5-4-14(20-3)9-12(15)6-7-18-16/h4-7,9,11,13H,8,10H2,1-3H3,(H,18,19). The van der Waals surface area contributed by atoms with E-state index in [9.17, 15) is 0 Å². The van der Waals surface area contributed by atoms with Crippen LogP contribution in [0.25, 0.3) is 10.8 Å². The van der Waals surface area contributed by atoms with Gasteiger partial charge in [-0.05, 0) is 42.0 Å². The molecule has 0 aliphatic carbocycles. The van der Waals surface area contributed by atoms with Gasteiger partial charge in [0.15, 0.2) is 0 Å². The van der Waals surface area contributed by atoms with E-state index in [1.807, 2.05) is 30.5 Å². The van der Waals surface area contributed by atoms with Crippen LogP contribution in [0.15, 0.2) is 30.5 Å². The second-order valence-corrected chi connectivity index (χ2v) is 5.68. The van der Waals surface area contributed by atoms with E-state index in [0.29, 0.717) is 11.8 Å². The molecule has 1 atom stereocenters. The average molecular weight is 293 g/mol. The van der Waals surface area contributed by atoms with E-state index in [2.05, 4.69) is 24.1 Å². The van der Waals surface area contributed by atoms with Gasteiger partial charge in [-0.2, -0.15) is 0 Å². The molecule has 0 saturated carbocycles. The number of fused-ring (bicyclic) bond motifs is 1. The van der Waals surface area contributed by atoms with Crippen molar-refractivity contribution in [3.8, 4) is 5.75 Å². The Hall–Kier alpha value is -1.48. The first-order valence-electron chi connectivity index (χ1n) is 6.89. The molecule has 0 saturated heterocycles. The summed E-state index contributed by atoms with van der Waals surface area (Å²) in [6.07, 6.45) is 2.84. The van der Waals surface area contributed by atoms with Crippen LogP contribution in [0.5, 0.6) is 5.75 Å². The van der Waals surface area contributed by atoms with Gasteiger partial charge >= 0.3 is 0 Å². The number of halogens is 1. The van der Waals surface area contributed by atoms with E-state index in [-0.39, 0.29) is 6.04 Å². The number of benzene rings is 1. The minimum Gasteiger partial charge on any atom is -0.497 e. The molecule has 0 bridgehead atoms. The van der Waals surface area contributed by atoms with Gasteiger partial charge in [0.05, 0.1) is 7.11 Å². The number of nitrogens with zero attached hydrogens (tertiary/aromatic N) is 1. The summed E-state index contributed by atoms with van der Waals surface area (Å²) in [7, 11) is 1.67. The number of alkyl halides is 1. The number of anilines is 1. The zero-order valence-electron chi connectivity index (χ0n) is 12.2. The molecule has 0 spiro atoms. The van der Waals surface area contributed by atoms with Gasteiger partial charge < -0.3 is 10.1 Å². The monoisotopic (exact) mass is 292 g/mol. The highest BCUT2D eigenvalue weighted by Crippen LogP contribution is 2.26. The van der Waals surface area contributed by atoms with E-state index in [1.165, 1.54) is 0 Å². The van der Waals surface area contributed by atoms with Gasteiger partial charge in [-0.15, -0.1) is 11.6 Å². The van der Waals surface area contributed by atoms with Gasteiger partial charge in [0.1, 0.15) is 11.6 Å². The third-order valence-corrected chi connectivity index (χ3v) is 3.63. The molecule has 1 N–H and O–H groups in total. The van der Waals surface area contributed by atoms with E-state index in [1.54, 1.807) is 7.11 Å². The van der Waals surface area contributed by atoms with E-state index in [0.717, 1.165) is 28.8 Å². The molecule has 1 aromatic carbocycles. The summed E-state index contributed by atoms with van der Waals surface area (Å²) >= 11 is 6.05. The van der Waals surface area contributed by atoms with Crippen molar-refractivity contribution in [2.24, 2.45) is 5.92 Å². The molecule has 0 fully saturated rings. The molecule has 20 heavy (non-hydrogen) atoms. The average Bonchev–Trinajstić information content (AvgIpc) is 2.45. The third kappa shape index (κ3) is 3.54. The molecule has 0 aliphatic rings. The number of nitrogens with one attached hydrogen (secondary N) is 1. The van der Waals surface area contributed by atoms with Gasteiger partial charge in [0.25, 0.3) is 0 Å². The van der Waals surface area contributed by atoms with Crippen molar-refractivity contribution in [1.82, 2.24) is 4.98 Å². The summed E-state index contributed by atoms with van der Waals surface area (Å²) in [5.74, 6) is 2.91. The Labute approximate surface area is 125 Å². The topological polar surface area (TPSA) is 34.1 Å². The van der Waals surface area contributed by atoms with Crippen molar-refractivity contribution in [3.63, 3.8) is 0 Å². The molecule has 2 rings (SSSR count). The van der Waals surface area contributed by atoms with E-state index < -0.39 is 0 Å². The maximum atomic E-state index is 6.05. The van der Waals surface area contributed by atoms with Crippen LogP contribution in [0.4, 0.5) is 5.82 Å². The number of methoxy groups -OCH3 is 1. The van der Waals surface area contributed by atoms with Crippen molar-refractivity contribution in [3.05, 3.63) is 30.5 Å². The summed E-state index contributed by atoms with van der Waals surface area (Å²) in [6, 6.07) is 8.22. The molecule has 1 aromatic heterocycles. The number of aromatic nitrogens is 1. The smallest absolute Gasteiger partial charge is 0.134 e. The van der Waals surface area contributed by atoms with Gasteiger partial charge in [-0.3, -0.25) is 0 Å². The maximum Gasteiger partial charge on any atom is 0.134 e. The molecule has 0 aliphatic heterocycles. The number of rotatable bonds is 6. The first-order chi connectivity index (χ1) is 9.63. The molecule has 1 heterocycles. The summed E-state index contributed by atoms with van der Waals surface area (Å²) in [4.78, 5) is 4.45. The van der Waals surface area contributed by atoms with Gasteiger partial charge in [0, 0.05) is 23.5 Å². The molecule has 108 valence electrons. The van der Waals surface area contributed by atoms with Crippen LogP contribution in [0.1, 0.15) is 20.3 Å². The highest BCUT2D eigenvalue weighted by atomic mass is 35.5. The molecule has 3 nitrogen and oxygen atoms in total. The third-order valence-electron chi connectivity index (χ3n) is 3.25. The lowest BCUT2D eigenvalue weighted by Crippen LogP contribution is -2.24. The van der Waals surface area contributed by atoms with Crippen molar-refractivity contribution >= 4 is 28.2 Å². The minimum absolute atomic E-state index is 0.233. The maximum absolute atomic E-state index is 6.05. The van der Waals surface area contributed by atoms with Crippen LogP contribution in [-0.2, 0) is 0 Å². The predicted molar refractivity (Wildman–Crippen MR) is 85.9 cm³/mol. The summed E-state index contributed by atoms with van der Waals surface area (Å²) in [6.45, 7) is 4.39. The fourth-order valence-electron chi connectivity index (χ4n) is 2.32. The summed E-state index contributed by atoms with van der Waals surface area (Å²) in [5, 5.41) is 5.66. The SMILES string of the molecule is COc1ccc2c(NC(CCl)CC(C)C)nccc2c1. The summed E-state index contributed by atoms with van der Waals surface area (Å²) < 4.78 is 5.26. The first kappa shape index (κ1) is 14.9. The van der Waals surface area contributed by atoms with Crippen molar-refractivity contribution in [2.75, 3.05) is 18.3 Å². The van der Waals surface area contributed by atoms with Crippen LogP contribution < -0.4 is 10.1 Å². The van der Waals surface area contributed by atoms with Gasteiger partial charge in [-0.25, -0.2) is 4.98 Å². The first-order valence-corrected chi connectivity index (χ1v) is 7.42. The van der Waals surface area contributed by atoms with E-state index >= 15 is 0 Å². The van der Waals surface area contributed by atoms with Crippen LogP contribution in [0.3, 0.4) is 0 Å². The van der Waals surface area contributed by atoms with Crippen LogP contribution in [-0.4, -0.2) is 24.0 Å². The highest BCUT2D eigenvalue weighted by molar-refractivity contribution is 6.18. The predicted octanol–water partition coefficient (Wildman–Crippen LogP) is 4.31. The van der Waals surface area contributed by atoms with Crippen LogP contribution in [0, 0.1) is 5.92 Å². The van der Waals surface area contributed by atoms with E-state index in [4.69, 9.17) is 16.3 Å². The van der Waals surface area contributed by atoms with Crippen LogP contribution >= 0.6 is 11.6 Å². The normalized spacial score (nSPS) is 12.7. The molecule has 0 amide bonds. The lowest BCUT2D eigenvalue weighted by atomic mass is 10.0. The lowest BCUT2D eigenvalue weighted by Gasteiger charge is -2.19. The fourth-order valence-corrected chi connectivity index (χ4v) is 2.52. The number of pyridine rings is 1. The Morgan fingerprint density at radius 1 is 1.30 bits per heavy atom. The Balaban J connectivity index is 2.29. The minimum atomic E-state index is 0.233. The molecular formula is C16H21ClN2O. The van der Waals surface area contributed by atoms with Gasteiger partial charge in [-0.1, -0.05) is 13.8 Å². The molecule has 0 radical (unpaired) electrons. The van der Waals surface area contributed by atoms with Gasteiger partial charge in [0.2, 0.25) is 0 Å². The second-order valence-electron chi connectivity index (χ2n) is 5.37. The van der Waals surface area contributed by atoms with Crippen molar-refractivity contribution < 1.29 is 4.74 Å². The summed E-state index contributed by atoms with van der Waals surface area (Å²) in [5.41, 5.74) is 0. The Morgan fingerprint density at radius 2 is 2.10 bits per heavy atom. The number of hydrogen-bond donors (Lipinski definition) is 1. The van der Waals surface area contributed by atoms with Crippen molar-refractivity contribution in [1.29, 1.82) is 0 Å². The Morgan fingerprint density at radius 3 is 2.75 bits per heavy atom. The highest BCUT2D eigenvalue weighted by Gasteiger charge is 2.12. The zero-order chi connectivity index (χ0) is 14.5. The number of hydrogen-bond acceptors (Lipinski definition) is 3. The molecule has 1 unspecified atom stereocenters. The number of ether oxygens (including phenoxy) is 1. The van der Waals surface area contributed by atoms with Crippen molar-refractivity contribution in [2.45, 2.75) is 26.3 Å².